The van der Waals surface area contributed by atoms with Crippen LogP contribution in [0.3, 0.4) is 0 Å². The molecule has 0 radical (unpaired) electrons. The molecule has 1 N–H and O–H groups in total. The normalized spacial score (nSPS) is 13.4. The Balaban J connectivity index is 2.09. The van der Waals surface area contributed by atoms with Gasteiger partial charge >= 0.3 is 11.7 Å². The molecule has 0 aliphatic heterocycles. The van der Waals surface area contributed by atoms with E-state index in [9.17, 15) is 36.4 Å². The third-order valence-electron chi connectivity index (χ3n) is 3.93. The Morgan fingerprint density at radius 2 is 1.69 bits per heavy atom. The summed E-state index contributed by atoms with van der Waals surface area (Å²) in [4.78, 5) is 12.2. The summed E-state index contributed by atoms with van der Waals surface area (Å²) in [6.07, 6.45) is -4.73. The minimum absolute atomic E-state index is 0.0145. The Hall–Kier alpha value is -3.38. The first-order chi connectivity index (χ1) is 14.8. The lowest BCUT2D eigenvalue weighted by molar-refractivity contribution is -0.137. The van der Waals surface area contributed by atoms with Crippen LogP contribution in [-0.4, -0.2) is 23.6 Å². The van der Waals surface area contributed by atoms with Crippen LogP contribution >= 0.6 is 11.8 Å². The maximum atomic E-state index is 12.9. The van der Waals surface area contributed by atoms with E-state index in [1.165, 1.54) is 13.0 Å². The van der Waals surface area contributed by atoms with Crippen molar-refractivity contribution in [3.05, 3.63) is 59.2 Å². The molecule has 0 aliphatic rings. The average Bonchev–Trinajstić information content (AvgIpc) is 2.70. The lowest BCUT2D eigenvalue weighted by Crippen LogP contribution is -2.49. The predicted molar refractivity (Wildman–Crippen MR) is 101 cm³/mol. The van der Waals surface area contributed by atoms with E-state index in [-0.39, 0.29) is 28.0 Å². The standard InChI is InChI=1S/C20H13F6N3O2S/c1-18(10-28,11-31-14-4-7-16(19(21,22)23)13(8-14)9-27)29-17(30)12-2-5-15(6-3-12)32-20(24,25)26/h2-8H,11H2,1H3,(H,29,30)/t18-/m0/s1. The largest absolute Gasteiger partial charge is 0.490 e. The zero-order valence-electron chi connectivity index (χ0n) is 16.1. The highest BCUT2D eigenvalue weighted by Crippen LogP contribution is 2.37. The number of carbonyl (C=O) groups excluding carboxylic acids is 1. The molecule has 0 spiro atoms. The quantitative estimate of drug-likeness (QED) is 0.456. The number of alkyl halides is 6. The number of halogens is 6. The first-order valence-electron chi connectivity index (χ1n) is 8.60. The number of carbonyl (C=O) groups is 1. The van der Waals surface area contributed by atoms with Crippen LogP contribution in [0, 0.1) is 22.7 Å². The van der Waals surface area contributed by atoms with Gasteiger partial charge in [-0.25, -0.2) is 0 Å². The van der Waals surface area contributed by atoms with Gasteiger partial charge in [-0.05, 0) is 61.2 Å². The summed E-state index contributed by atoms with van der Waals surface area (Å²) in [5.74, 6) is -0.898. The number of rotatable bonds is 6. The van der Waals surface area contributed by atoms with Crippen molar-refractivity contribution in [1.82, 2.24) is 5.32 Å². The van der Waals surface area contributed by atoms with Gasteiger partial charge < -0.3 is 10.1 Å². The molecule has 0 heterocycles. The molecule has 2 rings (SSSR count). The molecule has 168 valence electrons. The van der Waals surface area contributed by atoms with E-state index in [1.54, 1.807) is 6.07 Å². The number of hydrogen-bond donors (Lipinski definition) is 1. The molecule has 1 atom stereocenters. The number of hydrogen-bond acceptors (Lipinski definition) is 5. The Labute approximate surface area is 182 Å². The topological polar surface area (TPSA) is 85.9 Å². The van der Waals surface area contributed by atoms with Crippen molar-refractivity contribution in [2.24, 2.45) is 0 Å². The predicted octanol–water partition coefficient (Wildman–Crippen LogP) is 5.28. The smallest absolute Gasteiger partial charge is 0.446 e. The summed E-state index contributed by atoms with van der Waals surface area (Å²) < 4.78 is 81.0. The van der Waals surface area contributed by atoms with Crippen LogP contribution in [-0.2, 0) is 6.18 Å². The van der Waals surface area contributed by atoms with Crippen LogP contribution < -0.4 is 10.1 Å². The second-order valence-corrected chi connectivity index (χ2v) is 7.71. The van der Waals surface area contributed by atoms with Gasteiger partial charge in [-0.1, -0.05) is 0 Å². The van der Waals surface area contributed by atoms with Crippen molar-refractivity contribution in [3.63, 3.8) is 0 Å². The van der Waals surface area contributed by atoms with Crippen LogP contribution in [0.1, 0.15) is 28.4 Å². The number of ether oxygens (including phenoxy) is 1. The second-order valence-electron chi connectivity index (χ2n) is 6.58. The van der Waals surface area contributed by atoms with Crippen molar-refractivity contribution in [3.8, 4) is 17.9 Å². The Morgan fingerprint density at radius 3 is 2.19 bits per heavy atom. The number of nitriles is 2. The lowest BCUT2D eigenvalue weighted by atomic mass is 10.0. The maximum Gasteiger partial charge on any atom is 0.446 e. The van der Waals surface area contributed by atoms with E-state index < -0.39 is 40.9 Å². The minimum Gasteiger partial charge on any atom is -0.490 e. The molecule has 0 saturated carbocycles. The number of thioether (sulfide) groups is 1. The monoisotopic (exact) mass is 473 g/mol. The van der Waals surface area contributed by atoms with E-state index >= 15 is 0 Å². The average molecular weight is 473 g/mol. The fourth-order valence-electron chi connectivity index (χ4n) is 2.41. The summed E-state index contributed by atoms with van der Waals surface area (Å²) in [7, 11) is 0. The highest BCUT2D eigenvalue weighted by Gasteiger charge is 2.34. The van der Waals surface area contributed by atoms with Crippen molar-refractivity contribution in [1.29, 1.82) is 10.5 Å². The summed E-state index contributed by atoms with van der Waals surface area (Å²) in [5.41, 5.74) is -7.94. The van der Waals surface area contributed by atoms with Crippen LogP contribution in [0.15, 0.2) is 47.4 Å². The highest BCUT2D eigenvalue weighted by atomic mass is 32.2. The van der Waals surface area contributed by atoms with E-state index in [2.05, 4.69) is 5.32 Å². The van der Waals surface area contributed by atoms with Crippen LogP contribution in [0.5, 0.6) is 5.75 Å². The molecule has 0 bridgehead atoms. The molecule has 0 aromatic heterocycles. The van der Waals surface area contributed by atoms with Gasteiger partial charge in [0.1, 0.15) is 12.4 Å². The second kappa shape index (κ2) is 9.40. The van der Waals surface area contributed by atoms with Crippen LogP contribution in [0.4, 0.5) is 26.3 Å². The van der Waals surface area contributed by atoms with Gasteiger partial charge in [0.2, 0.25) is 0 Å². The Kier molecular flexibility index (Phi) is 7.31. The molecule has 0 fully saturated rings. The van der Waals surface area contributed by atoms with Gasteiger partial charge in [0.05, 0.1) is 23.3 Å². The molecule has 1 amide bonds. The lowest BCUT2D eigenvalue weighted by Gasteiger charge is -2.24. The molecule has 2 aromatic rings. The fraction of sp³-hybridized carbons (Fsp3) is 0.250. The summed E-state index contributed by atoms with van der Waals surface area (Å²) in [6, 6.07) is 10.2. The van der Waals surface area contributed by atoms with Crippen molar-refractivity contribution in [2.75, 3.05) is 6.61 Å². The third kappa shape index (κ3) is 6.82. The first kappa shape index (κ1) is 24.9. The molecule has 0 saturated heterocycles. The van der Waals surface area contributed by atoms with E-state index in [1.807, 2.05) is 0 Å². The molecular formula is C20H13F6N3O2S. The molecule has 2 aromatic carbocycles. The zero-order valence-corrected chi connectivity index (χ0v) is 17.0. The SMILES string of the molecule is C[C@](C#N)(COc1ccc(C(F)(F)F)c(C#N)c1)NC(=O)c1ccc(SC(F)(F)F)cc1. The van der Waals surface area contributed by atoms with E-state index in [0.29, 0.717) is 6.07 Å². The maximum absolute atomic E-state index is 12.9. The van der Waals surface area contributed by atoms with E-state index in [0.717, 1.165) is 36.4 Å². The Bertz CT molecular complexity index is 1070. The third-order valence-corrected chi connectivity index (χ3v) is 4.67. The van der Waals surface area contributed by atoms with Gasteiger partial charge in [-0.15, -0.1) is 0 Å². The molecule has 12 heteroatoms. The fourth-order valence-corrected chi connectivity index (χ4v) is 2.95. The van der Waals surface area contributed by atoms with Crippen molar-refractivity contribution >= 4 is 17.7 Å². The first-order valence-corrected chi connectivity index (χ1v) is 9.42. The minimum atomic E-state index is -4.73. The molecular weight excluding hydrogens is 460 g/mol. The number of nitrogens with zero attached hydrogens (tertiary/aromatic N) is 2. The van der Waals surface area contributed by atoms with Gasteiger partial charge in [0.15, 0.2) is 5.54 Å². The number of benzene rings is 2. The summed E-state index contributed by atoms with van der Waals surface area (Å²) in [6.45, 7) is 0.807. The number of amides is 1. The van der Waals surface area contributed by atoms with Crippen molar-refractivity contribution in [2.45, 2.75) is 29.0 Å². The molecule has 32 heavy (non-hydrogen) atoms. The highest BCUT2D eigenvalue weighted by molar-refractivity contribution is 8.00. The summed E-state index contributed by atoms with van der Waals surface area (Å²) >= 11 is -0.347. The van der Waals surface area contributed by atoms with Crippen molar-refractivity contribution < 1.29 is 35.9 Å². The van der Waals surface area contributed by atoms with Crippen LogP contribution in [0.25, 0.3) is 0 Å². The number of nitrogens with one attached hydrogen (secondary N) is 1. The molecule has 0 unspecified atom stereocenters. The van der Waals surface area contributed by atoms with Gasteiger partial charge in [0.25, 0.3) is 5.91 Å². The van der Waals surface area contributed by atoms with Crippen LogP contribution in [0.2, 0.25) is 0 Å². The Morgan fingerprint density at radius 1 is 1.06 bits per heavy atom. The molecule has 0 aliphatic carbocycles. The van der Waals surface area contributed by atoms with E-state index in [4.69, 9.17) is 10.00 Å². The van der Waals surface area contributed by atoms with Gasteiger partial charge in [-0.2, -0.15) is 36.9 Å². The van der Waals surface area contributed by atoms with Gasteiger partial charge in [0, 0.05) is 10.5 Å². The zero-order chi connectivity index (χ0) is 24.2. The summed E-state index contributed by atoms with van der Waals surface area (Å²) in [5, 5.41) is 20.7. The molecule has 5 nitrogen and oxygen atoms in total. The van der Waals surface area contributed by atoms with Gasteiger partial charge in [-0.3, -0.25) is 4.79 Å².